The molecule has 0 N–H and O–H groups in total. The molecule has 2 fully saturated rings. The summed E-state index contributed by atoms with van der Waals surface area (Å²) in [7, 11) is 0. The van der Waals surface area contributed by atoms with Gasteiger partial charge in [-0.2, -0.15) is 0 Å². The smallest absolute Gasteiger partial charge is 0.222 e. The van der Waals surface area contributed by atoms with Gasteiger partial charge in [0.1, 0.15) is 0 Å². The summed E-state index contributed by atoms with van der Waals surface area (Å²) in [6.45, 7) is 3.19. The second-order valence-electron chi connectivity index (χ2n) is 9.25. The molecule has 5 rings (SSSR count). The fraction of sp³-hybridized carbons (Fsp3) is 0.444. The highest BCUT2D eigenvalue weighted by Gasteiger charge is 2.23. The quantitative estimate of drug-likeness (QED) is 0.553. The second-order valence-corrected chi connectivity index (χ2v) is 9.25. The van der Waals surface area contributed by atoms with Crippen molar-refractivity contribution in [3.63, 3.8) is 0 Å². The first kappa shape index (κ1) is 20.9. The topological polar surface area (TPSA) is 49.3 Å². The molecule has 0 spiro atoms. The molecule has 1 aromatic heterocycles. The fourth-order valence-corrected chi connectivity index (χ4v) is 5.14. The molecule has 5 heteroatoms. The molecule has 0 atom stereocenters. The van der Waals surface area contributed by atoms with Crippen molar-refractivity contribution >= 4 is 22.5 Å². The van der Waals surface area contributed by atoms with Crippen LogP contribution in [0.5, 0.6) is 0 Å². The van der Waals surface area contributed by atoms with Gasteiger partial charge < -0.3 is 9.80 Å². The number of piperazine rings is 1. The van der Waals surface area contributed by atoms with Crippen LogP contribution in [0.2, 0.25) is 0 Å². The summed E-state index contributed by atoms with van der Waals surface area (Å²) in [6, 6.07) is 18.9. The van der Waals surface area contributed by atoms with Gasteiger partial charge in [0.25, 0.3) is 0 Å². The van der Waals surface area contributed by atoms with Crippen molar-refractivity contribution in [1.82, 2.24) is 15.1 Å². The highest BCUT2D eigenvalue weighted by Crippen LogP contribution is 2.28. The third kappa shape index (κ3) is 4.77. The average molecular weight is 429 g/mol. The molecule has 5 nitrogen and oxygen atoms in total. The zero-order valence-corrected chi connectivity index (χ0v) is 18.7. The number of carbonyl (C=O) groups is 1. The molecule has 1 amide bonds. The first-order valence-corrected chi connectivity index (χ1v) is 12.1. The normalized spacial score (nSPS) is 17.6. The van der Waals surface area contributed by atoms with Gasteiger partial charge >= 0.3 is 0 Å². The minimum Gasteiger partial charge on any atom is -0.352 e. The molecule has 166 valence electrons. The van der Waals surface area contributed by atoms with Gasteiger partial charge in [-0.25, -0.2) is 0 Å². The fourth-order valence-electron chi connectivity index (χ4n) is 5.14. The molecule has 1 saturated heterocycles. The number of nitrogens with zero attached hydrogens (tertiary/aromatic N) is 4. The zero-order valence-electron chi connectivity index (χ0n) is 18.7. The number of hydrogen-bond acceptors (Lipinski definition) is 4. The molecule has 2 heterocycles. The van der Waals surface area contributed by atoms with Crippen molar-refractivity contribution in [3.8, 4) is 11.3 Å². The molecular formula is C27H32N4O. The van der Waals surface area contributed by atoms with E-state index < -0.39 is 0 Å². The maximum absolute atomic E-state index is 12.7. The molecule has 0 radical (unpaired) electrons. The molecule has 32 heavy (non-hydrogen) atoms. The van der Waals surface area contributed by atoms with Gasteiger partial charge in [-0.3, -0.25) is 4.79 Å². The van der Waals surface area contributed by atoms with Crippen LogP contribution < -0.4 is 4.90 Å². The number of amides is 1. The summed E-state index contributed by atoms with van der Waals surface area (Å²) in [4.78, 5) is 16.9. The summed E-state index contributed by atoms with van der Waals surface area (Å²) < 4.78 is 0. The van der Waals surface area contributed by atoms with Crippen molar-refractivity contribution < 1.29 is 4.79 Å². The van der Waals surface area contributed by atoms with E-state index in [9.17, 15) is 4.79 Å². The van der Waals surface area contributed by atoms with Crippen LogP contribution in [0.25, 0.3) is 22.0 Å². The number of carbonyl (C=O) groups excluding carboxylic acids is 1. The third-order valence-electron chi connectivity index (χ3n) is 7.14. The van der Waals surface area contributed by atoms with E-state index in [1.807, 2.05) is 11.0 Å². The lowest BCUT2D eigenvalue weighted by atomic mass is 9.86. The van der Waals surface area contributed by atoms with Crippen LogP contribution in [0.15, 0.2) is 54.6 Å². The number of anilines is 1. The highest BCUT2D eigenvalue weighted by molar-refractivity contribution is 5.86. The van der Waals surface area contributed by atoms with E-state index in [-0.39, 0.29) is 0 Å². The minimum absolute atomic E-state index is 0.327. The molecule has 3 aromatic rings. The maximum Gasteiger partial charge on any atom is 0.222 e. The van der Waals surface area contributed by atoms with E-state index in [0.717, 1.165) is 55.6 Å². The van der Waals surface area contributed by atoms with E-state index in [1.165, 1.54) is 42.9 Å². The predicted molar refractivity (Wildman–Crippen MR) is 130 cm³/mol. The number of benzene rings is 2. The van der Waals surface area contributed by atoms with Crippen molar-refractivity contribution in [3.05, 3.63) is 54.6 Å². The SMILES string of the molecule is O=C(CCC1CCCCC1)N1CCN(c2ccc(-c3ccc4ccccc4c3)nn2)CC1. The Labute approximate surface area is 190 Å². The van der Waals surface area contributed by atoms with Crippen LogP contribution in [0, 0.1) is 5.92 Å². The molecule has 1 saturated carbocycles. The Kier molecular flexibility index (Phi) is 6.33. The van der Waals surface area contributed by atoms with Crippen molar-refractivity contribution in [1.29, 1.82) is 0 Å². The van der Waals surface area contributed by atoms with Crippen molar-refractivity contribution in [2.45, 2.75) is 44.9 Å². The summed E-state index contributed by atoms with van der Waals surface area (Å²) in [5, 5.41) is 11.4. The lowest BCUT2D eigenvalue weighted by Gasteiger charge is -2.35. The lowest BCUT2D eigenvalue weighted by molar-refractivity contribution is -0.131. The second kappa shape index (κ2) is 9.68. The molecule has 0 unspecified atom stereocenters. The minimum atomic E-state index is 0.327. The van der Waals surface area contributed by atoms with E-state index >= 15 is 0 Å². The predicted octanol–water partition coefficient (Wildman–Crippen LogP) is 5.31. The first-order valence-electron chi connectivity index (χ1n) is 12.1. The Bertz CT molecular complexity index is 1050. The zero-order chi connectivity index (χ0) is 21.8. The Morgan fingerprint density at radius 2 is 1.62 bits per heavy atom. The largest absolute Gasteiger partial charge is 0.352 e. The van der Waals surface area contributed by atoms with Crippen LogP contribution in [0.3, 0.4) is 0 Å². The Balaban J connectivity index is 1.15. The Morgan fingerprint density at radius 3 is 2.38 bits per heavy atom. The lowest BCUT2D eigenvalue weighted by Crippen LogP contribution is -2.49. The van der Waals surface area contributed by atoms with Gasteiger partial charge in [0.05, 0.1) is 5.69 Å². The number of rotatable bonds is 5. The molecule has 1 aliphatic carbocycles. The van der Waals surface area contributed by atoms with Crippen LogP contribution in [-0.4, -0.2) is 47.2 Å². The summed E-state index contributed by atoms with van der Waals surface area (Å²) >= 11 is 0. The molecule has 2 aromatic carbocycles. The van der Waals surface area contributed by atoms with Crippen LogP contribution in [-0.2, 0) is 4.79 Å². The highest BCUT2D eigenvalue weighted by atomic mass is 16.2. The number of hydrogen-bond donors (Lipinski definition) is 0. The van der Waals surface area contributed by atoms with Crippen LogP contribution >= 0.6 is 0 Å². The van der Waals surface area contributed by atoms with Crippen molar-refractivity contribution in [2.24, 2.45) is 5.92 Å². The van der Waals surface area contributed by atoms with Crippen molar-refractivity contribution in [2.75, 3.05) is 31.1 Å². The van der Waals surface area contributed by atoms with Gasteiger partial charge in [0, 0.05) is 38.2 Å². The summed E-state index contributed by atoms with van der Waals surface area (Å²) in [5.41, 5.74) is 1.96. The van der Waals surface area contributed by atoms with Gasteiger partial charge in [-0.15, -0.1) is 10.2 Å². The van der Waals surface area contributed by atoms with Gasteiger partial charge in [0.2, 0.25) is 5.91 Å². The maximum atomic E-state index is 12.7. The van der Waals surface area contributed by atoms with E-state index in [2.05, 4.69) is 63.6 Å². The van der Waals surface area contributed by atoms with Gasteiger partial charge in [-0.1, -0.05) is 68.5 Å². The summed E-state index contributed by atoms with van der Waals surface area (Å²) in [6.07, 6.45) is 8.48. The third-order valence-corrected chi connectivity index (χ3v) is 7.14. The Morgan fingerprint density at radius 1 is 0.844 bits per heavy atom. The molecule has 2 aliphatic rings. The monoisotopic (exact) mass is 428 g/mol. The molecule has 1 aliphatic heterocycles. The number of aromatic nitrogens is 2. The standard InChI is InChI=1S/C27H32N4O/c32-27(15-10-21-6-2-1-3-7-21)31-18-16-30(17-19-31)26-14-13-25(28-29-26)24-12-11-22-8-4-5-9-23(22)20-24/h4-5,8-9,11-14,20-21H,1-3,6-7,10,15-19H2. The van der Waals surface area contributed by atoms with Gasteiger partial charge in [0.15, 0.2) is 5.82 Å². The first-order chi connectivity index (χ1) is 15.8. The van der Waals surface area contributed by atoms with Crippen LogP contribution in [0.1, 0.15) is 44.9 Å². The Hall–Kier alpha value is -2.95. The van der Waals surface area contributed by atoms with Crippen LogP contribution in [0.4, 0.5) is 5.82 Å². The molecule has 0 bridgehead atoms. The number of fused-ring (bicyclic) bond motifs is 1. The van der Waals surface area contributed by atoms with E-state index in [4.69, 9.17) is 0 Å². The van der Waals surface area contributed by atoms with E-state index in [0.29, 0.717) is 12.3 Å². The summed E-state index contributed by atoms with van der Waals surface area (Å²) in [5.74, 6) is 1.99. The molecular weight excluding hydrogens is 396 g/mol. The average Bonchev–Trinajstić information content (AvgIpc) is 2.88. The van der Waals surface area contributed by atoms with E-state index in [1.54, 1.807) is 0 Å². The van der Waals surface area contributed by atoms with Gasteiger partial charge in [-0.05, 0) is 41.3 Å².